The Hall–Kier alpha value is -0.250. The van der Waals surface area contributed by atoms with Gasteiger partial charge in [0.25, 0.3) is 0 Å². The van der Waals surface area contributed by atoms with Crippen LogP contribution in [0.15, 0.2) is 12.8 Å². The highest BCUT2D eigenvalue weighted by Crippen LogP contribution is 1.95. The molecule has 0 N–H and O–H groups in total. The Balaban J connectivity index is 0. The Kier molecular flexibility index (Phi) is 8.81. The maximum Gasteiger partial charge on any atom is 0.182 e. The molecule has 0 radical (unpaired) electrons. The number of rotatable bonds is 6. The molecule has 0 saturated carbocycles. The minimum absolute atomic E-state index is 0. The minimum Gasteiger partial charge on any atom is -1.00 e. The van der Waals surface area contributed by atoms with Crippen molar-refractivity contribution in [3.63, 3.8) is 0 Å². The molecule has 0 fully saturated rings. The highest BCUT2D eigenvalue weighted by Gasteiger charge is 2.12. The molecule has 0 aliphatic heterocycles. The topological polar surface area (TPSA) is 18.5 Å². The van der Waals surface area contributed by atoms with E-state index >= 15 is 0 Å². The first-order valence-corrected chi connectivity index (χ1v) is 3.66. The molecule has 0 saturated heterocycles. The first-order chi connectivity index (χ1) is 5.12. The molecule has 0 aliphatic carbocycles. The van der Waals surface area contributed by atoms with Gasteiger partial charge in [0.15, 0.2) is 6.73 Å². The fourth-order valence-corrected chi connectivity index (χ4v) is 0.797. The second-order valence-corrected chi connectivity index (χ2v) is 3.11. The van der Waals surface area contributed by atoms with E-state index in [2.05, 4.69) is 20.7 Å². The normalized spacial score (nSPS) is 10.2. The van der Waals surface area contributed by atoms with Crippen molar-refractivity contribution in [2.45, 2.75) is 0 Å². The maximum absolute atomic E-state index is 5.03. The standard InChI is InChI=1S/C8H18NO2.ClH/c1-5-11-7-6-9(2,3)8-10-4;/h5H,1,6-8H2,2-4H3;1H/q+1;/p-1. The Labute approximate surface area is 81.0 Å². The van der Waals surface area contributed by atoms with Gasteiger partial charge in [-0.25, -0.2) is 0 Å². The van der Waals surface area contributed by atoms with Gasteiger partial charge in [0.05, 0.1) is 20.4 Å². The van der Waals surface area contributed by atoms with Crippen LogP contribution in [0.5, 0.6) is 0 Å². The fourth-order valence-electron chi connectivity index (χ4n) is 0.797. The van der Waals surface area contributed by atoms with Crippen molar-refractivity contribution in [2.75, 3.05) is 41.1 Å². The summed E-state index contributed by atoms with van der Waals surface area (Å²) in [6, 6.07) is 0. The van der Waals surface area contributed by atoms with E-state index in [4.69, 9.17) is 9.47 Å². The van der Waals surface area contributed by atoms with Crippen molar-refractivity contribution >= 4 is 0 Å². The van der Waals surface area contributed by atoms with Crippen LogP contribution in [0, 0.1) is 0 Å². The quantitative estimate of drug-likeness (QED) is 0.208. The average molecular weight is 196 g/mol. The van der Waals surface area contributed by atoms with Crippen molar-refractivity contribution in [3.8, 4) is 0 Å². The molecule has 0 rings (SSSR count). The van der Waals surface area contributed by atoms with Gasteiger partial charge in [-0.15, -0.1) is 0 Å². The molecule has 0 aromatic carbocycles. The molecule has 3 nitrogen and oxygen atoms in total. The van der Waals surface area contributed by atoms with Crippen LogP contribution in [0.1, 0.15) is 0 Å². The Morgan fingerprint density at radius 2 is 2.00 bits per heavy atom. The number of quaternary nitrogens is 1. The lowest BCUT2D eigenvalue weighted by molar-refractivity contribution is -0.909. The summed E-state index contributed by atoms with van der Waals surface area (Å²) in [5, 5.41) is 0. The summed E-state index contributed by atoms with van der Waals surface area (Å²) in [4.78, 5) is 0. The van der Waals surface area contributed by atoms with Gasteiger partial charge in [-0.1, -0.05) is 6.58 Å². The molecule has 0 unspecified atom stereocenters. The average Bonchev–Trinajstić information content (AvgIpc) is 1.87. The van der Waals surface area contributed by atoms with Gasteiger partial charge in [-0.3, -0.25) is 0 Å². The molecule has 0 bridgehead atoms. The summed E-state index contributed by atoms with van der Waals surface area (Å²) in [7, 11) is 5.89. The van der Waals surface area contributed by atoms with Crippen molar-refractivity contribution in [2.24, 2.45) is 0 Å². The number of nitrogens with zero attached hydrogens (tertiary/aromatic N) is 1. The predicted octanol–water partition coefficient (Wildman–Crippen LogP) is -2.17. The molecule has 0 aromatic heterocycles. The predicted molar refractivity (Wildman–Crippen MR) is 45.0 cm³/mol. The zero-order valence-corrected chi connectivity index (χ0v) is 8.80. The SMILES string of the molecule is C=COCC[N+](C)(C)COC.[Cl-]. The van der Waals surface area contributed by atoms with Crippen LogP contribution in [0.2, 0.25) is 0 Å². The van der Waals surface area contributed by atoms with Gasteiger partial charge < -0.3 is 26.4 Å². The van der Waals surface area contributed by atoms with Gasteiger partial charge in [0, 0.05) is 7.11 Å². The number of hydrogen-bond donors (Lipinski definition) is 0. The molecule has 0 aliphatic rings. The molecular formula is C8H18ClNO2. The van der Waals surface area contributed by atoms with E-state index < -0.39 is 0 Å². The van der Waals surface area contributed by atoms with Crippen LogP contribution < -0.4 is 12.4 Å². The summed E-state index contributed by atoms with van der Waals surface area (Å²) in [5.74, 6) is 0. The number of ether oxygens (including phenoxy) is 2. The largest absolute Gasteiger partial charge is 1.00 e. The van der Waals surface area contributed by atoms with E-state index in [1.807, 2.05) is 0 Å². The van der Waals surface area contributed by atoms with Crippen molar-refractivity contribution in [1.82, 2.24) is 0 Å². The summed E-state index contributed by atoms with van der Waals surface area (Å²) >= 11 is 0. The van der Waals surface area contributed by atoms with Crippen molar-refractivity contribution in [1.29, 1.82) is 0 Å². The van der Waals surface area contributed by atoms with Crippen molar-refractivity contribution < 1.29 is 26.4 Å². The lowest BCUT2D eigenvalue weighted by Gasteiger charge is -2.27. The summed E-state index contributed by atoms with van der Waals surface area (Å²) in [6.07, 6.45) is 1.47. The van der Waals surface area contributed by atoms with Crippen molar-refractivity contribution in [3.05, 3.63) is 12.8 Å². The Bertz CT molecular complexity index is 118. The number of likely N-dealkylation sites (N-methyl/N-ethyl adjacent to an activating group) is 1. The number of methoxy groups -OCH3 is 1. The van der Waals surface area contributed by atoms with E-state index in [-0.39, 0.29) is 12.4 Å². The van der Waals surface area contributed by atoms with Crippen LogP contribution >= 0.6 is 0 Å². The van der Waals surface area contributed by atoms with Gasteiger partial charge in [0.1, 0.15) is 13.2 Å². The van der Waals surface area contributed by atoms with Crippen LogP contribution in [-0.2, 0) is 9.47 Å². The minimum atomic E-state index is 0. The van der Waals surface area contributed by atoms with Gasteiger partial charge in [-0.2, -0.15) is 0 Å². The maximum atomic E-state index is 5.03. The first kappa shape index (κ1) is 14.3. The highest BCUT2D eigenvalue weighted by atomic mass is 35.5. The number of hydrogen-bond acceptors (Lipinski definition) is 2. The summed E-state index contributed by atoms with van der Waals surface area (Å²) in [5.41, 5.74) is 0. The van der Waals surface area contributed by atoms with Gasteiger partial charge in [-0.05, 0) is 0 Å². The third kappa shape index (κ3) is 7.85. The molecule has 0 atom stereocenters. The zero-order chi connectivity index (χ0) is 8.74. The molecule has 74 valence electrons. The van der Waals surface area contributed by atoms with Crippen LogP contribution in [0.4, 0.5) is 0 Å². The molecule has 0 spiro atoms. The smallest absolute Gasteiger partial charge is 0.182 e. The lowest BCUT2D eigenvalue weighted by atomic mass is 10.5. The van der Waals surface area contributed by atoms with Gasteiger partial charge in [0.2, 0.25) is 0 Å². The van der Waals surface area contributed by atoms with Gasteiger partial charge >= 0.3 is 0 Å². The van der Waals surface area contributed by atoms with Crippen LogP contribution in [0.3, 0.4) is 0 Å². The molecular weight excluding hydrogens is 178 g/mol. The summed E-state index contributed by atoms with van der Waals surface area (Å²) < 4.78 is 10.8. The number of halogens is 1. The second-order valence-electron chi connectivity index (χ2n) is 3.11. The third-order valence-electron chi connectivity index (χ3n) is 1.41. The van der Waals surface area contributed by atoms with Crippen LogP contribution in [-0.4, -0.2) is 45.6 Å². The monoisotopic (exact) mass is 195 g/mol. The molecule has 0 heterocycles. The zero-order valence-electron chi connectivity index (χ0n) is 8.05. The van der Waals surface area contributed by atoms with Crippen LogP contribution in [0.25, 0.3) is 0 Å². The highest BCUT2D eigenvalue weighted by molar-refractivity contribution is 4.47. The fraction of sp³-hybridized carbons (Fsp3) is 0.750. The van der Waals surface area contributed by atoms with E-state index in [0.29, 0.717) is 13.3 Å². The molecule has 0 aromatic rings. The molecule has 4 heteroatoms. The first-order valence-electron chi connectivity index (χ1n) is 3.66. The lowest BCUT2D eigenvalue weighted by Crippen LogP contribution is -3.00. The van der Waals surface area contributed by atoms with E-state index in [1.54, 1.807) is 7.11 Å². The third-order valence-corrected chi connectivity index (χ3v) is 1.41. The van der Waals surface area contributed by atoms with E-state index in [9.17, 15) is 0 Å². The molecule has 12 heavy (non-hydrogen) atoms. The Morgan fingerprint density at radius 3 is 2.42 bits per heavy atom. The second kappa shape index (κ2) is 7.40. The summed E-state index contributed by atoms with van der Waals surface area (Å²) in [6.45, 7) is 5.80. The van der Waals surface area contributed by atoms with E-state index in [0.717, 1.165) is 11.0 Å². The Morgan fingerprint density at radius 1 is 1.42 bits per heavy atom. The van der Waals surface area contributed by atoms with E-state index in [1.165, 1.54) is 6.26 Å². The molecule has 0 amide bonds.